The maximum Gasteiger partial charge on any atom is 0.229 e. The molecule has 1 aromatic heterocycles. The summed E-state index contributed by atoms with van der Waals surface area (Å²) in [5, 5.41) is 3.30. The summed E-state index contributed by atoms with van der Waals surface area (Å²) in [4.78, 5) is 39.8. The van der Waals surface area contributed by atoms with Crippen molar-refractivity contribution in [3.8, 4) is 0 Å². The number of morpholine rings is 1. The maximum atomic E-state index is 12.8. The first-order valence-electron chi connectivity index (χ1n) is 12.7. The first-order valence-corrected chi connectivity index (χ1v) is 12.7. The number of benzene rings is 2. The molecule has 0 bridgehead atoms. The lowest BCUT2D eigenvalue weighted by Gasteiger charge is -2.35. The average molecular weight is 501 g/mol. The minimum Gasteiger partial charge on any atom is -0.378 e. The number of carbonyl (C=O) groups excluding carboxylic acids is 2. The molecule has 1 N–H and O–H groups in total. The van der Waals surface area contributed by atoms with E-state index in [9.17, 15) is 9.59 Å². The number of Topliss-reactive ketones (excluding diaryl/α,β-unsaturated/α-hetero) is 1. The number of nitrogens with one attached hydrogen (secondary N) is 1. The van der Waals surface area contributed by atoms with Gasteiger partial charge in [0.05, 0.1) is 19.6 Å². The van der Waals surface area contributed by atoms with E-state index in [1.165, 1.54) is 5.69 Å². The summed E-state index contributed by atoms with van der Waals surface area (Å²) in [5.41, 5.74) is 3.69. The Hall–Kier alpha value is -3.98. The molecule has 0 radical (unpaired) electrons. The zero-order valence-corrected chi connectivity index (χ0v) is 21.1. The van der Waals surface area contributed by atoms with Gasteiger partial charge in [-0.3, -0.25) is 9.59 Å². The summed E-state index contributed by atoms with van der Waals surface area (Å²) in [7, 11) is 0. The number of amides is 1. The number of anilines is 4. The Labute approximate surface area is 217 Å². The van der Waals surface area contributed by atoms with Crippen molar-refractivity contribution in [2.75, 3.05) is 67.6 Å². The molecule has 2 aromatic carbocycles. The molecule has 2 saturated heterocycles. The van der Waals surface area contributed by atoms with Crippen molar-refractivity contribution in [3.63, 3.8) is 0 Å². The van der Waals surface area contributed by atoms with Gasteiger partial charge in [0.2, 0.25) is 11.9 Å². The molecule has 0 aliphatic carbocycles. The van der Waals surface area contributed by atoms with Crippen LogP contribution in [-0.4, -0.2) is 79.0 Å². The van der Waals surface area contributed by atoms with Gasteiger partial charge in [0.1, 0.15) is 5.82 Å². The molecule has 0 saturated carbocycles. The zero-order chi connectivity index (χ0) is 25.6. The number of piperazine rings is 1. The number of ketones is 1. The highest BCUT2D eigenvalue weighted by Gasteiger charge is 2.22. The predicted molar refractivity (Wildman–Crippen MR) is 144 cm³/mol. The lowest BCUT2D eigenvalue weighted by Crippen LogP contribution is -2.49. The Balaban J connectivity index is 1.14. The standard InChI is InChI=1S/C28H32N6O3/c1-21(35)23-4-2-22(3-5-23)20-27(36)34-14-12-33(13-15-34)26-10-11-29-28(31-26)30-24-6-8-25(9-7-24)32-16-18-37-19-17-32/h2-11H,12-20H2,1H3,(H,29,30,31). The van der Waals surface area contributed by atoms with E-state index in [0.29, 0.717) is 44.1 Å². The van der Waals surface area contributed by atoms with Gasteiger partial charge in [0.25, 0.3) is 0 Å². The topological polar surface area (TPSA) is 90.9 Å². The largest absolute Gasteiger partial charge is 0.378 e. The highest BCUT2D eigenvalue weighted by atomic mass is 16.5. The van der Waals surface area contributed by atoms with E-state index in [0.717, 1.165) is 43.4 Å². The third kappa shape index (κ3) is 6.24. The highest BCUT2D eigenvalue weighted by molar-refractivity contribution is 5.94. The van der Waals surface area contributed by atoms with Crippen molar-refractivity contribution in [2.24, 2.45) is 0 Å². The maximum absolute atomic E-state index is 12.8. The van der Waals surface area contributed by atoms with Crippen molar-refractivity contribution in [3.05, 3.63) is 71.9 Å². The summed E-state index contributed by atoms with van der Waals surface area (Å²) in [5.74, 6) is 1.51. The van der Waals surface area contributed by atoms with Gasteiger partial charge in [0, 0.05) is 62.4 Å². The van der Waals surface area contributed by atoms with Crippen molar-refractivity contribution >= 4 is 34.8 Å². The van der Waals surface area contributed by atoms with Gasteiger partial charge in [-0.25, -0.2) is 4.98 Å². The molecular formula is C28H32N6O3. The number of nitrogens with zero attached hydrogens (tertiary/aromatic N) is 5. The van der Waals surface area contributed by atoms with Gasteiger partial charge in [-0.05, 0) is 42.8 Å². The third-order valence-corrected chi connectivity index (χ3v) is 6.81. The molecule has 0 spiro atoms. The molecule has 9 heteroatoms. The van der Waals surface area contributed by atoms with Crippen LogP contribution in [0.3, 0.4) is 0 Å². The Morgan fingerprint density at radius 2 is 1.57 bits per heavy atom. The fourth-order valence-electron chi connectivity index (χ4n) is 4.62. The smallest absolute Gasteiger partial charge is 0.229 e. The molecule has 0 atom stereocenters. The highest BCUT2D eigenvalue weighted by Crippen LogP contribution is 2.22. The van der Waals surface area contributed by atoms with Gasteiger partial charge < -0.3 is 24.8 Å². The molecule has 3 aromatic rings. The SMILES string of the molecule is CC(=O)c1ccc(CC(=O)N2CCN(c3ccnc(Nc4ccc(N5CCOCC5)cc4)n3)CC2)cc1. The minimum absolute atomic E-state index is 0.0266. The number of carbonyl (C=O) groups is 2. The normalized spacial score (nSPS) is 16.0. The van der Waals surface area contributed by atoms with Gasteiger partial charge in [-0.2, -0.15) is 4.98 Å². The summed E-state index contributed by atoms with van der Waals surface area (Å²) in [6.07, 6.45) is 2.10. The molecular weight excluding hydrogens is 468 g/mol. The van der Waals surface area contributed by atoms with E-state index in [1.807, 2.05) is 35.2 Å². The Morgan fingerprint density at radius 1 is 0.865 bits per heavy atom. The molecule has 1 amide bonds. The molecule has 5 rings (SSSR count). The minimum atomic E-state index is 0.0266. The average Bonchev–Trinajstić information content (AvgIpc) is 2.94. The van der Waals surface area contributed by atoms with Crippen LogP contribution in [0.2, 0.25) is 0 Å². The Kier molecular flexibility index (Phi) is 7.60. The summed E-state index contributed by atoms with van der Waals surface area (Å²) >= 11 is 0. The van der Waals surface area contributed by atoms with Crippen LogP contribution in [0.4, 0.5) is 23.1 Å². The van der Waals surface area contributed by atoms with Crippen LogP contribution in [0.1, 0.15) is 22.8 Å². The van der Waals surface area contributed by atoms with Crippen LogP contribution >= 0.6 is 0 Å². The van der Waals surface area contributed by atoms with Crippen LogP contribution in [-0.2, 0) is 16.0 Å². The van der Waals surface area contributed by atoms with Crippen LogP contribution in [0.5, 0.6) is 0 Å². The lowest BCUT2D eigenvalue weighted by atomic mass is 10.1. The summed E-state index contributed by atoms with van der Waals surface area (Å²) in [6, 6.07) is 17.5. The molecule has 0 unspecified atom stereocenters. The Bertz CT molecular complexity index is 1220. The number of aromatic nitrogens is 2. The van der Waals surface area contributed by atoms with Crippen LogP contribution < -0.4 is 15.1 Å². The van der Waals surface area contributed by atoms with E-state index >= 15 is 0 Å². The summed E-state index contributed by atoms with van der Waals surface area (Å²) in [6.45, 7) is 7.58. The monoisotopic (exact) mass is 500 g/mol. The second-order valence-electron chi connectivity index (χ2n) is 9.31. The van der Waals surface area contributed by atoms with E-state index in [1.54, 1.807) is 25.3 Å². The molecule has 37 heavy (non-hydrogen) atoms. The lowest BCUT2D eigenvalue weighted by molar-refractivity contribution is -0.130. The Morgan fingerprint density at radius 3 is 2.24 bits per heavy atom. The predicted octanol–water partition coefficient (Wildman–Crippen LogP) is 3.15. The van der Waals surface area contributed by atoms with Crippen LogP contribution in [0.15, 0.2) is 60.8 Å². The second kappa shape index (κ2) is 11.4. The molecule has 2 aliphatic heterocycles. The van der Waals surface area contributed by atoms with Gasteiger partial charge in [-0.15, -0.1) is 0 Å². The van der Waals surface area contributed by atoms with E-state index < -0.39 is 0 Å². The van der Waals surface area contributed by atoms with Crippen LogP contribution in [0.25, 0.3) is 0 Å². The number of rotatable bonds is 7. The van der Waals surface area contributed by atoms with Crippen molar-refractivity contribution in [2.45, 2.75) is 13.3 Å². The molecule has 2 aliphatic rings. The molecule has 2 fully saturated rings. The molecule has 3 heterocycles. The van der Waals surface area contributed by atoms with Gasteiger partial charge >= 0.3 is 0 Å². The second-order valence-corrected chi connectivity index (χ2v) is 9.31. The van der Waals surface area contributed by atoms with Crippen LogP contribution in [0, 0.1) is 0 Å². The zero-order valence-electron chi connectivity index (χ0n) is 21.1. The van der Waals surface area contributed by atoms with E-state index in [4.69, 9.17) is 9.72 Å². The van der Waals surface area contributed by atoms with E-state index in [2.05, 4.69) is 32.2 Å². The fourth-order valence-corrected chi connectivity index (χ4v) is 4.62. The van der Waals surface area contributed by atoms with Crippen molar-refractivity contribution in [1.82, 2.24) is 14.9 Å². The first-order chi connectivity index (χ1) is 18.0. The van der Waals surface area contributed by atoms with Crippen molar-refractivity contribution in [1.29, 1.82) is 0 Å². The summed E-state index contributed by atoms with van der Waals surface area (Å²) < 4.78 is 5.43. The third-order valence-electron chi connectivity index (χ3n) is 6.81. The first kappa shape index (κ1) is 24.7. The molecule has 9 nitrogen and oxygen atoms in total. The fraction of sp³-hybridized carbons (Fsp3) is 0.357. The van der Waals surface area contributed by atoms with E-state index in [-0.39, 0.29) is 11.7 Å². The number of ether oxygens (including phenoxy) is 1. The molecule has 192 valence electrons. The number of hydrogen-bond acceptors (Lipinski definition) is 8. The van der Waals surface area contributed by atoms with Crippen molar-refractivity contribution < 1.29 is 14.3 Å². The van der Waals surface area contributed by atoms with Gasteiger partial charge in [-0.1, -0.05) is 24.3 Å². The van der Waals surface area contributed by atoms with Gasteiger partial charge in [0.15, 0.2) is 5.78 Å². The number of hydrogen-bond donors (Lipinski definition) is 1. The quantitative estimate of drug-likeness (QED) is 0.495.